The molecule has 2 N–H and O–H groups in total. The molecule has 0 aliphatic carbocycles. The van der Waals surface area contributed by atoms with Crippen LogP contribution in [-0.4, -0.2) is 17.9 Å². The Balaban J connectivity index is 2.13. The van der Waals surface area contributed by atoms with Gasteiger partial charge in [-0.15, -0.1) is 0 Å². The summed E-state index contributed by atoms with van der Waals surface area (Å²) < 4.78 is 0. The highest BCUT2D eigenvalue weighted by Crippen LogP contribution is 2.17. The highest BCUT2D eigenvalue weighted by Gasteiger charge is 2.14. The zero-order valence-electron chi connectivity index (χ0n) is 12.0. The van der Waals surface area contributed by atoms with Gasteiger partial charge in [0.25, 0.3) is 5.91 Å². The van der Waals surface area contributed by atoms with Crippen molar-refractivity contribution in [1.82, 2.24) is 10.3 Å². The van der Waals surface area contributed by atoms with Crippen LogP contribution in [0.2, 0.25) is 0 Å². The van der Waals surface area contributed by atoms with Crippen LogP contribution in [0.5, 0.6) is 0 Å². The molecule has 1 amide bonds. The zero-order chi connectivity index (χ0) is 14.5. The summed E-state index contributed by atoms with van der Waals surface area (Å²) in [6.45, 7) is 4.01. The summed E-state index contributed by atoms with van der Waals surface area (Å²) in [5.74, 6) is -0.129. The van der Waals surface area contributed by atoms with Gasteiger partial charge in [-0.3, -0.25) is 9.78 Å². The number of carbonyl (C=O) groups is 1. The molecule has 1 atom stereocenters. The number of aryl methyl sites for hydroxylation is 1. The fourth-order valence-corrected chi connectivity index (χ4v) is 2.01. The number of anilines is 1. The van der Waals surface area contributed by atoms with Crippen molar-refractivity contribution in [1.29, 1.82) is 0 Å². The van der Waals surface area contributed by atoms with Crippen LogP contribution < -0.4 is 10.6 Å². The van der Waals surface area contributed by atoms with Gasteiger partial charge in [-0.2, -0.15) is 0 Å². The van der Waals surface area contributed by atoms with Crippen molar-refractivity contribution in [2.24, 2.45) is 0 Å². The molecule has 1 aromatic carbocycles. The molecule has 0 radical (unpaired) electrons. The molecule has 1 heterocycles. The molecule has 2 rings (SSSR count). The summed E-state index contributed by atoms with van der Waals surface area (Å²) >= 11 is 0. The summed E-state index contributed by atoms with van der Waals surface area (Å²) in [7, 11) is 1.79. The summed E-state index contributed by atoms with van der Waals surface area (Å²) in [4.78, 5) is 16.3. The predicted octanol–water partition coefficient (Wildman–Crippen LogP) is 2.92. The maximum Gasteiger partial charge on any atom is 0.255 e. The van der Waals surface area contributed by atoms with Gasteiger partial charge in [-0.25, -0.2) is 0 Å². The second-order valence-electron chi connectivity index (χ2n) is 4.78. The lowest BCUT2D eigenvalue weighted by Crippen LogP contribution is -2.27. The van der Waals surface area contributed by atoms with E-state index in [-0.39, 0.29) is 11.9 Å². The van der Waals surface area contributed by atoms with E-state index in [4.69, 9.17) is 0 Å². The van der Waals surface area contributed by atoms with Gasteiger partial charge in [0, 0.05) is 25.1 Å². The van der Waals surface area contributed by atoms with Gasteiger partial charge in [-0.05, 0) is 25.5 Å². The molecule has 2 aromatic rings. The van der Waals surface area contributed by atoms with Crippen LogP contribution in [0.15, 0.2) is 42.7 Å². The van der Waals surface area contributed by atoms with Crippen LogP contribution in [0.3, 0.4) is 0 Å². The minimum Gasteiger partial charge on any atom is -0.387 e. The minimum absolute atomic E-state index is 0.0481. The first-order valence-electron chi connectivity index (χ1n) is 6.61. The van der Waals surface area contributed by atoms with Crippen LogP contribution in [-0.2, 0) is 0 Å². The standard InChI is InChI=1S/C16H19N3O/c1-11-4-6-13(7-5-11)12(2)19-16(20)14-10-18-9-8-15(14)17-3/h4-10,12H,1-3H3,(H,17,18)(H,19,20). The number of pyridine rings is 1. The second kappa shape index (κ2) is 6.19. The Hall–Kier alpha value is -2.36. The fraction of sp³-hybridized carbons (Fsp3) is 0.250. The largest absolute Gasteiger partial charge is 0.387 e. The molecule has 1 aromatic heterocycles. The minimum atomic E-state index is -0.129. The van der Waals surface area contributed by atoms with Crippen LogP contribution in [0.25, 0.3) is 0 Å². The lowest BCUT2D eigenvalue weighted by atomic mass is 10.1. The average Bonchev–Trinajstić information content (AvgIpc) is 2.47. The molecule has 4 nitrogen and oxygen atoms in total. The first kappa shape index (κ1) is 14.1. The molecule has 0 saturated heterocycles. The molecule has 0 spiro atoms. The third-order valence-electron chi connectivity index (χ3n) is 3.26. The van der Waals surface area contributed by atoms with Gasteiger partial charge in [0.15, 0.2) is 0 Å². The Bertz CT molecular complexity index is 593. The number of benzene rings is 1. The van der Waals surface area contributed by atoms with Crippen molar-refractivity contribution in [3.05, 3.63) is 59.4 Å². The molecule has 4 heteroatoms. The molecule has 104 valence electrons. The summed E-state index contributed by atoms with van der Waals surface area (Å²) in [6, 6.07) is 9.88. The maximum absolute atomic E-state index is 12.3. The Morgan fingerprint density at radius 2 is 1.90 bits per heavy atom. The van der Waals surface area contributed by atoms with E-state index in [2.05, 4.69) is 15.6 Å². The third kappa shape index (κ3) is 3.15. The van der Waals surface area contributed by atoms with Crippen LogP contribution in [0.1, 0.15) is 34.5 Å². The summed E-state index contributed by atoms with van der Waals surface area (Å²) in [6.07, 6.45) is 3.23. The lowest BCUT2D eigenvalue weighted by molar-refractivity contribution is 0.0940. The van der Waals surface area contributed by atoms with E-state index in [1.165, 1.54) is 5.56 Å². The smallest absolute Gasteiger partial charge is 0.255 e. The Labute approximate surface area is 119 Å². The summed E-state index contributed by atoms with van der Waals surface area (Å²) in [5, 5.41) is 5.98. The first-order valence-corrected chi connectivity index (χ1v) is 6.61. The van der Waals surface area contributed by atoms with Crippen LogP contribution in [0.4, 0.5) is 5.69 Å². The SMILES string of the molecule is CNc1ccncc1C(=O)NC(C)c1ccc(C)cc1. The van der Waals surface area contributed by atoms with Crippen molar-refractivity contribution in [3.63, 3.8) is 0 Å². The van der Waals surface area contributed by atoms with Gasteiger partial charge >= 0.3 is 0 Å². The second-order valence-corrected chi connectivity index (χ2v) is 4.78. The number of carbonyl (C=O) groups excluding carboxylic acids is 1. The van der Waals surface area contributed by atoms with Gasteiger partial charge in [-0.1, -0.05) is 29.8 Å². The Morgan fingerprint density at radius 3 is 2.55 bits per heavy atom. The van der Waals surface area contributed by atoms with Gasteiger partial charge in [0.05, 0.1) is 11.6 Å². The highest BCUT2D eigenvalue weighted by atomic mass is 16.1. The van der Waals surface area contributed by atoms with E-state index in [9.17, 15) is 4.79 Å². The molecule has 0 fully saturated rings. The van der Waals surface area contributed by atoms with E-state index in [0.717, 1.165) is 11.3 Å². The summed E-state index contributed by atoms with van der Waals surface area (Å²) in [5.41, 5.74) is 3.61. The van der Waals surface area contributed by atoms with Crippen molar-refractivity contribution in [3.8, 4) is 0 Å². The van der Waals surface area contributed by atoms with Gasteiger partial charge < -0.3 is 10.6 Å². The topological polar surface area (TPSA) is 54.0 Å². The predicted molar refractivity (Wildman–Crippen MR) is 80.8 cm³/mol. The van der Waals surface area contributed by atoms with E-state index >= 15 is 0 Å². The van der Waals surface area contributed by atoms with Gasteiger partial charge in [0.1, 0.15) is 0 Å². The van der Waals surface area contributed by atoms with E-state index in [1.807, 2.05) is 38.1 Å². The zero-order valence-corrected chi connectivity index (χ0v) is 12.0. The number of hydrogen-bond acceptors (Lipinski definition) is 3. The number of nitrogens with zero attached hydrogens (tertiary/aromatic N) is 1. The maximum atomic E-state index is 12.3. The number of nitrogens with one attached hydrogen (secondary N) is 2. The molecule has 0 aliphatic heterocycles. The third-order valence-corrected chi connectivity index (χ3v) is 3.26. The number of rotatable bonds is 4. The molecule has 0 bridgehead atoms. The van der Waals surface area contributed by atoms with E-state index < -0.39 is 0 Å². The van der Waals surface area contributed by atoms with Crippen molar-refractivity contribution in [2.75, 3.05) is 12.4 Å². The molecule has 0 aliphatic rings. The quantitative estimate of drug-likeness (QED) is 0.897. The average molecular weight is 269 g/mol. The van der Waals surface area contributed by atoms with Gasteiger partial charge in [0.2, 0.25) is 0 Å². The van der Waals surface area contributed by atoms with Crippen molar-refractivity contribution in [2.45, 2.75) is 19.9 Å². The fourth-order valence-electron chi connectivity index (χ4n) is 2.01. The highest BCUT2D eigenvalue weighted by molar-refractivity contribution is 5.99. The van der Waals surface area contributed by atoms with Crippen molar-refractivity contribution >= 4 is 11.6 Å². The lowest BCUT2D eigenvalue weighted by Gasteiger charge is -2.16. The molecule has 0 saturated carbocycles. The molecular weight excluding hydrogens is 250 g/mol. The number of aromatic nitrogens is 1. The number of hydrogen-bond donors (Lipinski definition) is 2. The molecular formula is C16H19N3O. The van der Waals surface area contributed by atoms with E-state index in [1.54, 1.807) is 25.5 Å². The van der Waals surface area contributed by atoms with Crippen molar-refractivity contribution < 1.29 is 4.79 Å². The number of amides is 1. The Kier molecular flexibility index (Phi) is 4.35. The molecule has 1 unspecified atom stereocenters. The van der Waals surface area contributed by atoms with Crippen LogP contribution in [0, 0.1) is 6.92 Å². The molecule has 20 heavy (non-hydrogen) atoms. The Morgan fingerprint density at radius 1 is 1.20 bits per heavy atom. The normalized spacial score (nSPS) is 11.8. The van der Waals surface area contributed by atoms with E-state index in [0.29, 0.717) is 5.56 Å². The first-order chi connectivity index (χ1) is 9.61. The van der Waals surface area contributed by atoms with Crippen LogP contribution >= 0.6 is 0 Å². The monoisotopic (exact) mass is 269 g/mol.